The molecular weight excluding hydrogens is 306 g/mol. The summed E-state index contributed by atoms with van der Waals surface area (Å²) in [5.41, 5.74) is 0.257. The molecule has 0 bridgehead atoms. The van der Waals surface area contributed by atoms with Crippen molar-refractivity contribution in [1.29, 1.82) is 0 Å². The van der Waals surface area contributed by atoms with Gasteiger partial charge in [0.25, 0.3) is 0 Å². The molecule has 1 aliphatic carbocycles. The van der Waals surface area contributed by atoms with Gasteiger partial charge in [-0.15, -0.1) is 11.3 Å². The third kappa shape index (κ3) is 4.06. The molecule has 1 heterocycles. The van der Waals surface area contributed by atoms with Crippen molar-refractivity contribution >= 4 is 21.4 Å². The van der Waals surface area contributed by atoms with Crippen molar-refractivity contribution in [2.24, 2.45) is 10.8 Å². The molecule has 0 amide bonds. The summed E-state index contributed by atoms with van der Waals surface area (Å²) >= 11 is 1.27. The van der Waals surface area contributed by atoms with Crippen molar-refractivity contribution in [1.82, 2.24) is 4.72 Å². The molecule has 0 atom stereocenters. The van der Waals surface area contributed by atoms with Gasteiger partial charge in [-0.25, -0.2) is 13.1 Å². The largest absolute Gasteiger partial charge is 0.391 e. The molecule has 1 aromatic heterocycles. The molecule has 1 aliphatic rings. The van der Waals surface area contributed by atoms with Crippen LogP contribution >= 0.6 is 11.3 Å². The summed E-state index contributed by atoms with van der Waals surface area (Å²) in [6, 6.07) is 1.51. The van der Waals surface area contributed by atoms with Crippen molar-refractivity contribution in [3.63, 3.8) is 0 Å². The molecule has 0 spiro atoms. The van der Waals surface area contributed by atoms with E-state index in [4.69, 9.17) is 0 Å². The second-order valence-electron chi connectivity index (χ2n) is 7.60. The molecule has 6 heteroatoms. The molecule has 0 unspecified atom stereocenters. The van der Waals surface area contributed by atoms with E-state index in [-0.39, 0.29) is 28.4 Å². The molecule has 0 aromatic carbocycles. The predicted molar refractivity (Wildman–Crippen MR) is 85.8 cm³/mol. The van der Waals surface area contributed by atoms with Crippen LogP contribution in [0, 0.1) is 10.8 Å². The van der Waals surface area contributed by atoms with E-state index in [1.54, 1.807) is 11.4 Å². The van der Waals surface area contributed by atoms with Crippen molar-refractivity contribution in [2.75, 3.05) is 0 Å². The lowest BCUT2D eigenvalue weighted by molar-refractivity contribution is 0.0934. The molecular formula is C15H25NO3S2. The quantitative estimate of drug-likeness (QED) is 0.891. The number of nitrogens with one attached hydrogen (secondary N) is 1. The second-order valence-corrected chi connectivity index (χ2v) is 10.3. The lowest BCUT2D eigenvalue weighted by Crippen LogP contribution is -2.46. The maximum absolute atomic E-state index is 12.5. The van der Waals surface area contributed by atoms with Crippen LogP contribution in [0.2, 0.25) is 0 Å². The van der Waals surface area contributed by atoms with Crippen LogP contribution in [0.5, 0.6) is 0 Å². The highest BCUT2D eigenvalue weighted by Crippen LogP contribution is 2.46. The lowest BCUT2D eigenvalue weighted by Gasteiger charge is -2.45. The average Bonchev–Trinajstić information content (AvgIpc) is 2.71. The van der Waals surface area contributed by atoms with Gasteiger partial charge in [0.1, 0.15) is 0 Å². The summed E-state index contributed by atoms with van der Waals surface area (Å²) in [6.45, 7) is 8.53. The Bertz CT molecular complexity index is 586. The van der Waals surface area contributed by atoms with Crippen LogP contribution in [0.1, 0.15) is 51.8 Å². The topological polar surface area (TPSA) is 66.4 Å². The molecule has 0 radical (unpaired) electrons. The highest BCUT2D eigenvalue weighted by molar-refractivity contribution is 7.89. The summed E-state index contributed by atoms with van der Waals surface area (Å²) < 4.78 is 27.9. The average molecular weight is 332 g/mol. The van der Waals surface area contributed by atoms with Gasteiger partial charge >= 0.3 is 0 Å². The third-order valence-electron chi connectivity index (χ3n) is 4.01. The third-order valence-corrected chi connectivity index (χ3v) is 6.65. The van der Waals surface area contributed by atoms with Crippen molar-refractivity contribution in [3.05, 3.63) is 16.3 Å². The van der Waals surface area contributed by atoms with Crippen molar-refractivity contribution < 1.29 is 13.5 Å². The molecule has 1 saturated carbocycles. The van der Waals surface area contributed by atoms with Gasteiger partial charge in [-0.1, -0.05) is 27.7 Å². The Morgan fingerprint density at radius 1 is 1.29 bits per heavy atom. The van der Waals surface area contributed by atoms with Gasteiger partial charge in [0.15, 0.2) is 0 Å². The Balaban J connectivity index is 2.21. The maximum atomic E-state index is 12.5. The minimum atomic E-state index is -3.56. The monoisotopic (exact) mass is 331 g/mol. The van der Waals surface area contributed by atoms with E-state index in [0.717, 1.165) is 19.3 Å². The normalized spacial score (nSPS) is 22.3. The van der Waals surface area contributed by atoms with Crippen LogP contribution in [0.3, 0.4) is 0 Å². The first-order valence-corrected chi connectivity index (χ1v) is 9.61. The summed E-state index contributed by atoms with van der Waals surface area (Å²) in [7, 11) is -3.56. The molecule has 120 valence electrons. The zero-order valence-electron chi connectivity index (χ0n) is 13.1. The molecule has 0 saturated heterocycles. The fourth-order valence-corrected chi connectivity index (χ4v) is 6.43. The highest BCUT2D eigenvalue weighted by Gasteiger charge is 2.40. The van der Waals surface area contributed by atoms with Gasteiger partial charge in [0, 0.05) is 10.9 Å². The fourth-order valence-electron chi connectivity index (χ4n) is 3.90. The Labute approximate surface area is 131 Å². The lowest BCUT2D eigenvalue weighted by atomic mass is 9.64. The Morgan fingerprint density at radius 3 is 2.38 bits per heavy atom. The highest BCUT2D eigenvalue weighted by atomic mass is 32.2. The number of hydrogen-bond acceptors (Lipinski definition) is 4. The number of hydrogen-bond donors (Lipinski definition) is 2. The Morgan fingerprint density at radius 2 is 1.86 bits per heavy atom. The van der Waals surface area contributed by atoms with Gasteiger partial charge in [0.05, 0.1) is 11.5 Å². The first kappa shape index (κ1) is 16.9. The van der Waals surface area contributed by atoms with E-state index in [1.807, 2.05) is 0 Å². The number of sulfonamides is 1. The van der Waals surface area contributed by atoms with Crippen molar-refractivity contribution in [3.8, 4) is 0 Å². The van der Waals surface area contributed by atoms with E-state index >= 15 is 0 Å². The Kier molecular flexibility index (Phi) is 4.55. The molecule has 2 N–H and O–H groups in total. The van der Waals surface area contributed by atoms with E-state index in [1.165, 1.54) is 11.3 Å². The molecule has 1 fully saturated rings. The summed E-state index contributed by atoms with van der Waals surface area (Å²) in [6.07, 6.45) is 2.78. The summed E-state index contributed by atoms with van der Waals surface area (Å²) in [4.78, 5) is 0.716. The molecule has 1 aromatic rings. The minimum Gasteiger partial charge on any atom is -0.391 e. The van der Waals surface area contributed by atoms with Crippen LogP contribution in [-0.2, 0) is 16.6 Å². The predicted octanol–water partition coefficient (Wildman–Crippen LogP) is 3.12. The zero-order valence-corrected chi connectivity index (χ0v) is 14.8. The van der Waals surface area contributed by atoms with Gasteiger partial charge in [-0.2, -0.15) is 0 Å². The van der Waals surface area contributed by atoms with E-state index in [9.17, 15) is 13.5 Å². The van der Waals surface area contributed by atoms with Crippen LogP contribution in [0.4, 0.5) is 0 Å². The smallest absolute Gasteiger partial charge is 0.242 e. The number of aliphatic hydroxyl groups excluding tert-OH is 1. The second kappa shape index (κ2) is 5.65. The summed E-state index contributed by atoms with van der Waals surface area (Å²) in [5.74, 6) is 0. The van der Waals surface area contributed by atoms with Gasteiger partial charge in [0.2, 0.25) is 10.0 Å². The first-order chi connectivity index (χ1) is 9.55. The summed E-state index contributed by atoms with van der Waals surface area (Å²) in [5, 5.41) is 11.0. The van der Waals surface area contributed by atoms with E-state index in [2.05, 4.69) is 32.4 Å². The minimum absolute atomic E-state index is 0.0554. The fraction of sp³-hybridized carbons (Fsp3) is 0.733. The number of rotatable bonds is 4. The molecule has 0 aliphatic heterocycles. The number of aliphatic hydroxyl groups is 1. The van der Waals surface area contributed by atoms with Crippen LogP contribution < -0.4 is 4.72 Å². The molecule has 21 heavy (non-hydrogen) atoms. The van der Waals surface area contributed by atoms with E-state index < -0.39 is 10.0 Å². The standard InChI is InChI=1S/C15H25NO3S2/c1-14(2)7-11(8-15(3,4)10-14)16-21(18,19)13-5-6-20-12(13)9-17/h5-6,11,16-17H,7-10H2,1-4H3. The molecule has 4 nitrogen and oxygen atoms in total. The van der Waals surface area contributed by atoms with Crippen LogP contribution in [-0.4, -0.2) is 19.6 Å². The van der Waals surface area contributed by atoms with E-state index in [0.29, 0.717) is 4.88 Å². The van der Waals surface area contributed by atoms with Gasteiger partial charge < -0.3 is 5.11 Å². The van der Waals surface area contributed by atoms with Crippen LogP contribution in [0.15, 0.2) is 16.3 Å². The molecule has 2 rings (SSSR count). The number of thiophene rings is 1. The Hall–Kier alpha value is -0.430. The van der Waals surface area contributed by atoms with Crippen molar-refractivity contribution in [2.45, 2.75) is 64.5 Å². The SMILES string of the molecule is CC1(C)CC(NS(=O)(=O)c2ccsc2CO)CC(C)(C)C1. The van der Waals surface area contributed by atoms with Gasteiger partial charge in [-0.3, -0.25) is 0 Å². The zero-order chi connectivity index (χ0) is 15.9. The first-order valence-electron chi connectivity index (χ1n) is 7.24. The maximum Gasteiger partial charge on any atom is 0.242 e. The van der Waals surface area contributed by atoms with Gasteiger partial charge in [-0.05, 0) is 41.5 Å². The van der Waals surface area contributed by atoms with Crippen LogP contribution in [0.25, 0.3) is 0 Å².